The van der Waals surface area contributed by atoms with E-state index in [2.05, 4.69) is 10.7 Å². The summed E-state index contributed by atoms with van der Waals surface area (Å²) in [5, 5.41) is 4.19. The predicted molar refractivity (Wildman–Crippen MR) is 116 cm³/mol. The molecule has 0 radical (unpaired) electrons. The minimum atomic E-state index is -0.831. The Morgan fingerprint density at radius 3 is 2.66 bits per heavy atom. The second-order valence-corrected chi connectivity index (χ2v) is 7.67. The lowest BCUT2D eigenvalue weighted by Gasteiger charge is -2.18. The van der Waals surface area contributed by atoms with Crippen LogP contribution < -0.4 is 15.5 Å². The number of amides is 3. The zero-order chi connectivity index (χ0) is 23.3. The number of anilines is 1. The number of para-hydroxylation sites is 1. The Morgan fingerprint density at radius 1 is 1.16 bits per heavy atom. The number of nitrogens with zero attached hydrogens (tertiary/aromatic N) is 1. The van der Waals surface area contributed by atoms with Crippen LogP contribution in [0.15, 0.2) is 42.5 Å². The summed E-state index contributed by atoms with van der Waals surface area (Å²) in [4.78, 5) is 49.1. The highest BCUT2D eigenvalue weighted by molar-refractivity contribution is 6.35. The van der Waals surface area contributed by atoms with Crippen LogP contribution >= 0.6 is 23.2 Å². The van der Waals surface area contributed by atoms with Crippen molar-refractivity contribution in [3.63, 3.8) is 0 Å². The molecule has 1 saturated heterocycles. The van der Waals surface area contributed by atoms with Gasteiger partial charge < -0.3 is 14.8 Å². The molecule has 11 heteroatoms. The first kappa shape index (κ1) is 23.4. The zero-order valence-corrected chi connectivity index (χ0v) is 18.4. The Hall–Kier alpha value is -3.30. The molecule has 1 fully saturated rings. The van der Waals surface area contributed by atoms with Crippen molar-refractivity contribution in [3.8, 4) is 5.75 Å². The lowest BCUT2D eigenvalue weighted by atomic mass is 10.1. The molecule has 0 spiro atoms. The van der Waals surface area contributed by atoms with Gasteiger partial charge in [-0.2, -0.15) is 0 Å². The molecule has 1 heterocycles. The molecule has 0 bridgehead atoms. The van der Waals surface area contributed by atoms with Crippen molar-refractivity contribution in [2.24, 2.45) is 5.92 Å². The van der Waals surface area contributed by atoms with Gasteiger partial charge in [-0.3, -0.25) is 29.6 Å². The number of benzene rings is 2. The fraction of sp³-hybridized carbons (Fsp3) is 0.238. The van der Waals surface area contributed by atoms with E-state index in [1.54, 1.807) is 30.3 Å². The van der Waals surface area contributed by atoms with Crippen molar-refractivity contribution in [1.82, 2.24) is 10.4 Å². The van der Waals surface area contributed by atoms with E-state index in [9.17, 15) is 19.2 Å². The number of halogens is 2. The van der Waals surface area contributed by atoms with E-state index in [0.29, 0.717) is 10.8 Å². The molecule has 0 unspecified atom stereocenters. The standard InChI is InChI=1S/C21H19Cl2N3O6/c1-31-17-5-3-2-4-14(17)20(29)25-26-10-12(8-19(26)28)21(30)32-11-18(27)24-16-9-13(22)6-7-15(16)23/h2-7,9,12H,8,10-11H2,1H3,(H,24,27)(H,25,29)/t12-/m1/s1. The number of nitrogens with one attached hydrogen (secondary N) is 2. The molecule has 0 aliphatic carbocycles. The van der Waals surface area contributed by atoms with Crippen LogP contribution in [0.25, 0.3) is 0 Å². The van der Waals surface area contributed by atoms with E-state index in [1.165, 1.54) is 19.2 Å². The Kier molecular flexibility index (Phi) is 7.55. The summed E-state index contributed by atoms with van der Waals surface area (Å²) >= 11 is 11.8. The Labute approximate surface area is 193 Å². The Morgan fingerprint density at radius 2 is 1.91 bits per heavy atom. The third-order valence-electron chi connectivity index (χ3n) is 4.59. The maximum Gasteiger partial charge on any atom is 0.311 e. The summed E-state index contributed by atoms with van der Waals surface area (Å²) in [6.07, 6.45) is -0.160. The van der Waals surface area contributed by atoms with Crippen molar-refractivity contribution in [2.45, 2.75) is 6.42 Å². The van der Waals surface area contributed by atoms with Gasteiger partial charge in [0.05, 0.1) is 35.8 Å². The van der Waals surface area contributed by atoms with Gasteiger partial charge in [0.15, 0.2) is 6.61 Å². The van der Waals surface area contributed by atoms with E-state index >= 15 is 0 Å². The maximum atomic E-state index is 12.5. The number of carbonyl (C=O) groups excluding carboxylic acids is 4. The van der Waals surface area contributed by atoms with Crippen molar-refractivity contribution < 1.29 is 28.7 Å². The summed E-state index contributed by atoms with van der Waals surface area (Å²) in [6, 6.07) is 11.1. The average molecular weight is 480 g/mol. The molecule has 9 nitrogen and oxygen atoms in total. The quantitative estimate of drug-likeness (QED) is 0.590. The van der Waals surface area contributed by atoms with E-state index in [1.807, 2.05) is 0 Å². The number of ether oxygens (including phenoxy) is 2. The molecule has 0 aromatic heterocycles. The van der Waals surface area contributed by atoms with Crippen molar-refractivity contribution in [2.75, 3.05) is 25.6 Å². The van der Waals surface area contributed by atoms with E-state index in [-0.39, 0.29) is 29.2 Å². The molecule has 2 aromatic rings. The van der Waals surface area contributed by atoms with Crippen LogP contribution in [0.4, 0.5) is 5.69 Å². The molecule has 1 atom stereocenters. The third kappa shape index (κ3) is 5.68. The minimum Gasteiger partial charge on any atom is -0.496 e. The monoisotopic (exact) mass is 479 g/mol. The van der Waals surface area contributed by atoms with Gasteiger partial charge in [0.1, 0.15) is 5.75 Å². The minimum absolute atomic E-state index is 0.0830. The highest BCUT2D eigenvalue weighted by Gasteiger charge is 2.37. The van der Waals surface area contributed by atoms with E-state index in [4.69, 9.17) is 32.7 Å². The largest absolute Gasteiger partial charge is 0.496 e. The first-order valence-corrected chi connectivity index (χ1v) is 10.2. The predicted octanol–water partition coefficient (Wildman–Crippen LogP) is 2.68. The lowest BCUT2D eigenvalue weighted by molar-refractivity contribution is -0.151. The molecule has 3 amide bonds. The van der Waals surface area contributed by atoms with E-state index < -0.39 is 36.2 Å². The molecule has 3 rings (SSSR count). The summed E-state index contributed by atoms with van der Waals surface area (Å²) < 4.78 is 10.2. The highest BCUT2D eigenvalue weighted by Crippen LogP contribution is 2.25. The van der Waals surface area contributed by atoms with Crippen LogP contribution in [0.1, 0.15) is 16.8 Å². The molecular weight excluding hydrogens is 461 g/mol. The Balaban J connectivity index is 1.52. The van der Waals surface area contributed by atoms with Crippen LogP contribution in [0, 0.1) is 5.92 Å². The SMILES string of the molecule is COc1ccccc1C(=O)NN1C[C@H](C(=O)OCC(=O)Nc2cc(Cl)ccc2Cl)CC1=O. The maximum absolute atomic E-state index is 12.5. The first-order valence-electron chi connectivity index (χ1n) is 9.44. The normalized spacial score (nSPS) is 15.3. The number of carbonyl (C=O) groups is 4. The highest BCUT2D eigenvalue weighted by atomic mass is 35.5. The second kappa shape index (κ2) is 10.3. The van der Waals surface area contributed by atoms with Gasteiger partial charge in [0.25, 0.3) is 11.8 Å². The van der Waals surface area contributed by atoms with Gasteiger partial charge in [0.2, 0.25) is 5.91 Å². The van der Waals surface area contributed by atoms with Crippen LogP contribution in [-0.2, 0) is 19.1 Å². The first-order chi connectivity index (χ1) is 15.3. The molecule has 168 valence electrons. The molecule has 1 aliphatic heterocycles. The topological polar surface area (TPSA) is 114 Å². The molecule has 32 heavy (non-hydrogen) atoms. The van der Waals surface area contributed by atoms with Crippen LogP contribution in [0.5, 0.6) is 5.75 Å². The van der Waals surface area contributed by atoms with Gasteiger partial charge in [-0.1, -0.05) is 35.3 Å². The number of methoxy groups -OCH3 is 1. The molecule has 1 aliphatic rings. The number of hydrogen-bond acceptors (Lipinski definition) is 6. The number of rotatable bonds is 7. The van der Waals surface area contributed by atoms with Crippen molar-refractivity contribution in [3.05, 3.63) is 58.1 Å². The molecular formula is C21H19Cl2N3O6. The van der Waals surface area contributed by atoms with Gasteiger partial charge in [-0.15, -0.1) is 0 Å². The fourth-order valence-electron chi connectivity index (χ4n) is 3.02. The van der Waals surface area contributed by atoms with Crippen molar-refractivity contribution >= 4 is 52.6 Å². The molecule has 0 saturated carbocycles. The van der Waals surface area contributed by atoms with Crippen LogP contribution in [0.2, 0.25) is 10.0 Å². The summed E-state index contributed by atoms with van der Waals surface area (Å²) in [7, 11) is 1.43. The second-order valence-electron chi connectivity index (χ2n) is 6.83. The van der Waals surface area contributed by atoms with Crippen LogP contribution in [0.3, 0.4) is 0 Å². The number of hydrogen-bond donors (Lipinski definition) is 2. The Bertz CT molecular complexity index is 1060. The summed E-state index contributed by atoms with van der Waals surface area (Å²) in [5.41, 5.74) is 2.98. The number of esters is 1. The van der Waals surface area contributed by atoms with Gasteiger partial charge >= 0.3 is 5.97 Å². The number of hydrazine groups is 1. The lowest BCUT2D eigenvalue weighted by Crippen LogP contribution is -2.43. The fourth-order valence-corrected chi connectivity index (χ4v) is 3.36. The average Bonchev–Trinajstić information content (AvgIpc) is 3.14. The molecule has 2 N–H and O–H groups in total. The van der Waals surface area contributed by atoms with Crippen molar-refractivity contribution in [1.29, 1.82) is 0 Å². The zero-order valence-electron chi connectivity index (χ0n) is 16.9. The van der Waals surface area contributed by atoms with Gasteiger partial charge in [0, 0.05) is 11.4 Å². The smallest absolute Gasteiger partial charge is 0.311 e. The summed E-state index contributed by atoms with van der Waals surface area (Å²) in [6.45, 7) is -0.653. The third-order valence-corrected chi connectivity index (χ3v) is 5.16. The van der Waals surface area contributed by atoms with Gasteiger partial charge in [-0.05, 0) is 30.3 Å². The molecule has 2 aromatic carbocycles. The van der Waals surface area contributed by atoms with Gasteiger partial charge in [-0.25, -0.2) is 0 Å². The van der Waals surface area contributed by atoms with E-state index in [0.717, 1.165) is 5.01 Å². The summed E-state index contributed by atoms with van der Waals surface area (Å²) in [5.74, 6) is -2.85. The van der Waals surface area contributed by atoms with Crippen LogP contribution in [-0.4, -0.2) is 49.0 Å².